The number of anilines is 1. The molecule has 1 atom stereocenters. The van der Waals surface area contributed by atoms with E-state index in [1.807, 2.05) is 19.9 Å². The molecule has 1 aromatic carbocycles. The Labute approximate surface area is 116 Å². The fourth-order valence-electron chi connectivity index (χ4n) is 1.74. The Hall–Kier alpha value is -2.62. The van der Waals surface area contributed by atoms with E-state index < -0.39 is 16.9 Å². The van der Waals surface area contributed by atoms with Crippen LogP contribution in [0.2, 0.25) is 0 Å². The zero-order chi connectivity index (χ0) is 15.3. The smallest absolute Gasteiger partial charge is 0.326 e. The van der Waals surface area contributed by atoms with Crippen LogP contribution in [0, 0.1) is 27.4 Å². The van der Waals surface area contributed by atoms with E-state index in [2.05, 4.69) is 5.32 Å². The molecule has 0 aliphatic heterocycles. The second-order valence-corrected chi connectivity index (χ2v) is 4.76. The van der Waals surface area contributed by atoms with Crippen molar-refractivity contribution in [3.63, 3.8) is 0 Å². The van der Waals surface area contributed by atoms with Crippen LogP contribution < -0.4 is 5.32 Å². The molecule has 0 spiro atoms. The van der Waals surface area contributed by atoms with Crippen molar-refractivity contribution < 1.29 is 14.8 Å². The predicted octanol–water partition coefficient (Wildman–Crippen LogP) is 2.38. The lowest BCUT2D eigenvalue weighted by molar-refractivity contribution is -0.384. The quantitative estimate of drug-likeness (QED) is 0.609. The van der Waals surface area contributed by atoms with E-state index in [0.717, 1.165) is 6.07 Å². The van der Waals surface area contributed by atoms with Crippen molar-refractivity contribution in [2.45, 2.75) is 26.3 Å². The van der Waals surface area contributed by atoms with Gasteiger partial charge in [-0.15, -0.1) is 0 Å². The summed E-state index contributed by atoms with van der Waals surface area (Å²) in [5.41, 5.74) is 0.128. The normalized spacial score (nSPS) is 11.7. The molecule has 0 bridgehead atoms. The van der Waals surface area contributed by atoms with Gasteiger partial charge in [-0.2, -0.15) is 5.26 Å². The monoisotopic (exact) mass is 277 g/mol. The summed E-state index contributed by atoms with van der Waals surface area (Å²) in [6.45, 7) is 3.78. The van der Waals surface area contributed by atoms with Crippen molar-refractivity contribution in [2.24, 2.45) is 5.92 Å². The van der Waals surface area contributed by atoms with Gasteiger partial charge >= 0.3 is 5.97 Å². The minimum atomic E-state index is -1.03. The number of carbonyl (C=O) groups is 1. The minimum Gasteiger partial charge on any atom is -0.480 e. The number of nitrogens with zero attached hydrogens (tertiary/aromatic N) is 2. The number of benzene rings is 1. The summed E-state index contributed by atoms with van der Waals surface area (Å²) >= 11 is 0. The Kier molecular flexibility index (Phi) is 5.03. The van der Waals surface area contributed by atoms with Gasteiger partial charge in [-0.05, 0) is 18.4 Å². The Balaban J connectivity index is 3.04. The first-order valence-electron chi connectivity index (χ1n) is 6.03. The molecular weight excluding hydrogens is 262 g/mol. The molecule has 1 unspecified atom stereocenters. The lowest BCUT2D eigenvalue weighted by atomic mass is 10.0. The molecule has 0 fully saturated rings. The van der Waals surface area contributed by atoms with Crippen LogP contribution in [0.1, 0.15) is 25.8 Å². The average molecular weight is 277 g/mol. The number of non-ortho nitro benzene ring substituents is 1. The number of carboxylic acid groups (broad SMARTS) is 1. The lowest BCUT2D eigenvalue weighted by Crippen LogP contribution is -2.31. The molecule has 106 valence electrons. The Morgan fingerprint density at radius 1 is 1.55 bits per heavy atom. The summed E-state index contributed by atoms with van der Waals surface area (Å²) in [7, 11) is 0. The number of aliphatic carboxylic acids is 1. The molecule has 0 heterocycles. The molecule has 1 aromatic rings. The molecule has 0 saturated carbocycles. The average Bonchev–Trinajstić information content (AvgIpc) is 2.37. The molecule has 0 amide bonds. The van der Waals surface area contributed by atoms with Crippen LogP contribution in [-0.2, 0) is 4.79 Å². The van der Waals surface area contributed by atoms with Crippen molar-refractivity contribution in [2.75, 3.05) is 5.32 Å². The molecule has 0 radical (unpaired) electrons. The number of nitro benzene ring substituents is 1. The Morgan fingerprint density at radius 2 is 2.20 bits per heavy atom. The third kappa shape index (κ3) is 3.95. The van der Waals surface area contributed by atoms with Gasteiger partial charge in [-0.25, -0.2) is 4.79 Å². The van der Waals surface area contributed by atoms with Crippen LogP contribution in [0.5, 0.6) is 0 Å². The van der Waals surface area contributed by atoms with Gasteiger partial charge in [0.1, 0.15) is 12.1 Å². The molecule has 7 nitrogen and oxygen atoms in total. The number of nitriles is 1. The minimum absolute atomic E-state index is 0.0502. The number of nitrogens with one attached hydrogen (secondary N) is 1. The van der Waals surface area contributed by atoms with E-state index in [1.54, 1.807) is 0 Å². The zero-order valence-electron chi connectivity index (χ0n) is 11.2. The first-order valence-corrected chi connectivity index (χ1v) is 6.03. The highest BCUT2D eigenvalue weighted by Gasteiger charge is 2.20. The van der Waals surface area contributed by atoms with E-state index in [0.29, 0.717) is 6.42 Å². The van der Waals surface area contributed by atoms with Gasteiger partial charge in [0.15, 0.2) is 0 Å². The maximum Gasteiger partial charge on any atom is 0.326 e. The molecule has 0 aliphatic rings. The lowest BCUT2D eigenvalue weighted by Gasteiger charge is -2.18. The maximum absolute atomic E-state index is 11.2. The van der Waals surface area contributed by atoms with Crippen molar-refractivity contribution in [3.8, 4) is 6.07 Å². The Bertz CT molecular complexity index is 563. The van der Waals surface area contributed by atoms with Crippen molar-refractivity contribution in [3.05, 3.63) is 33.9 Å². The van der Waals surface area contributed by atoms with Crippen molar-refractivity contribution in [1.29, 1.82) is 5.26 Å². The predicted molar refractivity (Wildman–Crippen MR) is 72.3 cm³/mol. The molecule has 0 saturated heterocycles. The van der Waals surface area contributed by atoms with Gasteiger partial charge in [0.2, 0.25) is 0 Å². The van der Waals surface area contributed by atoms with Gasteiger partial charge in [0.05, 0.1) is 16.2 Å². The highest BCUT2D eigenvalue weighted by molar-refractivity contribution is 5.78. The van der Waals surface area contributed by atoms with Gasteiger partial charge < -0.3 is 10.4 Å². The van der Waals surface area contributed by atoms with Crippen LogP contribution in [0.3, 0.4) is 0 Å². The highest BCUT2D eigenvalue weighted by atomic mass is 16.6. The SMILES string of the molecule is CC(C)CC(Nc1ccc([N+](=O)[O-])cc1C#N)C(=O)O. The largest absolute Gasteiger partial charge is 0.480 e. The second-order valence-electron chi connectivity index (χ2n) is 4.76. The van der Waals surface area contributed by atoms with Gasteiger partial charge in [0, 0.05) is 12.1 Å². The summed E-state index contributed by atoms with van der Waals surface area (Å²) in [5.74, 6) is -0.867. The number of nitro groups is 1. The third-order valence-corrected chi connectivity index (χ3v) is 2.67. The van der Waals surface area contributed by atoms with E-state index in [9.17, 15) is 14.9 Å². The fourth-order valence-corrected chi connectivity index (χ4v) is 1.74. The van der Waals surface area contributed by atoms with Crippen LogP contribution in [0.4, 0.5) is 11.4 Å². The van der Waals surface area contributed by atoms with Gasteiger partial charge in [-0.1, -0.05) is 13.8 Å². The summed E-state index contributed by atoms with van der Waals surface area (Å²) in [5, 5.41) is 31.5. The molecule has 2 N–H and O–H groups in total. The second kappa shape index (κ2) is 6.52. The van der Waals surface area contributed by atoms with Crippen LogP contribution in [-0.4, -0.2) is 22.0 Å². The zero-order valence-corrected chi connectivity index (χ0v) is 11.2. The molecule has 7 heteroatoms. The first-order chi connectivity index (χ1) is 9.35. The standard InChI is InChI=1S/C13H15N3O4/c1-8(2)5-12(13(17)18)15-11-4-3-10(16(19)20)6-9(11)7-14/h3-4,6,8,12,15H,5H2,1-2H3,(H,17,18). The summed E-state index contributed by atoms with van der Waals surface area (Å²) in [4.78, 5) is 21.2. The Morgan fingerprint density at radius 3 is 2.65 bits per heavy atom. The van der Waals surface area contributed by atoms with Gasteiger partial charge in [0.25, 0.3) is 5.69 Å². The molecule has 20 heavy (non-hydrogen) atoms. The molecule has 0 aromatic heterocycles. The van der Waals surface area contributed by atoms with E-state index in [4.69, 9.17) is 10.4 Å². The molecule has 0 aliphatic carbocycles. The van der Waals surface area contributed by atoms with Crippen molar-refractivity contribution in [1.82, 2.24) is 0 Å². The van der Waals surface area contributed by atoms with Crippen LogP contribution >= 0.6 is 0 Å². The summed E-state index contributed by atoms with van der Waals surface area (Å²) < 4.78 is 0. The maximum atomic E-state index is 11.2. The van der Waals surface area contributed by atoms with E-state index >= 15 is 0 Å². The number of carboxylic acids is 1. The van der Waals surface area contributed by atoms with Gasteiger partial charge in [-0.3, -0.25) is 10.1 Å². The topological polar surface area (TPSA) is 116 Å². The fraction of sp³-hybridized carbons (Fsp3) is 0.385. The number of hydrogen-bond acceptors (Lipinski definition) is 5. The highest BCUT2D eigenvalue weighted by Crippen LogP contribution is 2.23. The van der Waals surface area contributed by atoms with E-state index in [-0.39, 0.29) is 22.9 Å². The van der Waals surface area contributed by atoms with Crippen LogP contribution in [0.25, 0.3) is 0 Å². The number of hydrogen-bond donors (Lipinski definition) is 2. The first kappa shape index (κ1) is 15.4. The summed E-state index contributed by atoms with van der Waals surface area (Å²) in [6, 6.07) is 4.69. The van der Waals surface area contributed by atoms with E-state index in [1.165, 1.54) is 12.1 Å². The molecule has 1 rings (SSSR count). The van der Waals surface area contributed by atoms with Crippen molar-refractivity contribution >= 4 is 17.3 Å². The third-order valence-electron chi connectivity index (χ3n) is 2.67. The molecular formula is C13H15N3O4. The number of rotatable bonds is 6. The van der Waals surface area contributed by atoms with Crippen LogP contribution in [0.15, 0.2) is 18.2 Å². The summed E-state index contributed by atoms with van der Waals surface area (Å²) in [6.07, 6.45) is 0.386.